The van der Waals surface area contributed by atoms with Crippen molar-refractivity contribution in [3.05, 3.63) is 20.8 Å². The van der Waals surface area contributed by atoms with Gasteiger partial charge in [-0.05, 0) is 52.7 Å². The summed E-state index contributed by atoms with van der Waals surface area (Å²) in [6.07, 6.45) is -0.131. The minimum absolute atomic E-state index is 0.0891. The molecule has 0 saturated heterocycles. The third-order valence-corrected chi connectivity index (χ3v) is 10.8. The lowest BCUT2D eigenvalue weighted by Crippen LogP contribution is -2.40. The molecule has 0 amide bonds. The van der Waals surface area contributed by atoms with E-state index in [0.29, 0.717) is 18.1 Å². The smallest absolute Gasteiger partial charge is 0.192 e. The molecule has 0 aliphatic carbocycles. The number of rotatable bonds is 12. The van der Waals surface area contributed by atoms with Gasteiger partial charge >= 0.3 is 0 Å². The summed E-state index contributed by atoms with van der Waals surface area (Å²) in [5.74, 6) is 1.67. The van der Waals surface area contributed by atoms with Gasteiger partial charge in [0.05, 0.1) is 21.8 Å². The van der Waals surface area contributed by atoms with E-state index in [1.165, 1.54) is 0 Å². The van der Waals surface area contributed by atoms with E-state index in [0.717, 1.165) is 14.7 Å². The van der Waals surface area contributed by atoms with Crippen molar-refractivity contribution in [2.75, 3.05) is 34.9 Å². The third kappa shape index (κ3) is 7.06. The molecule has 8 heteroatoms. The predicted molar refractivity (Wildman–Crippen MR) is 131 cm³/mol. The van der Waals surface area contributed by atoms with Crippen molar-refractivity contribution in [2.45, 2.75) is 65.5 Å². The molecule has 0 fully saturated rings. The molecular formula is C22H39IO6Si. The Labute approximate surface area is 197 Å². The maximum Gasteiger partial charge on any atom is 0.192 e. The first-order valence-corrected chi connectivity index (χ1v) is 14.1. The van der Waals surface area contributed by atoms with Crippen molar-refractivity contribution >= 4 is 30.9 Å². The summed E-state index contributed by atoms with van der Waals surface area (Å²) in [7, 11) is 2.94. The van der Waals surface area contributed by atoms with E-state index in [-0.39, 0.29) is 30.6 Å². The Bertz CT molecular complexity index is 673. The number of benzene rings is 1. The van der Waals surface area contributed by atoms with Gasteiger partial charge in [-0.2, -0.15) is 0 Å². The van der Waals surface area contributed by atoms with Crippen LogP contribution in [-0.2, 0) is 25.2 Å². The molecule has 1 rings (SSSR count). The van der Waals surface area contributed by atoms with Gasteiger partial charge in [0, 0.05) is 26.9 Å². The summed E-state index contributed by atoms with van der Waals surface area (Å²) < 4.78 is 35.8. The van der Waals surface area contributed by atoms with Gasteiger partial charge in [-0.3, -0.25) is 0 Å². The molecule has 174 valence electrons. The van der Waals surface area contributed by atoms with Crippen molar-refractivity contribution in [3.8, 4) is 11.5 Å². The zero-order chi connectivity index (χ0) is 23.1. The maximum atomic E-state index is 6.56. The SMILES string of the molecule is COCOc1c(I)cc([C@H](OC)C(C)C)c(OCOC)c1CO[Si](C)(C)C(C)(C)C. The molecule has 0 N–H and O–H groups in total. The summed E-state index contributed by atoms with van der Waals surface area (Å²) in [6.45, 7) is 16.1. The van der Waals surface area contributed by atoms with Gasteiger partial charge in [0.1, 0.15) is 11.5 Å². The van der Waals surface area contributed by atoms with Crippen molar-refractivity contribution in [3.63, 3.8) is 0 Å². The van der Waals surface area contributed by atoms with Gasteiger partial charge in [-0.25, -0.2) is 0 Å². The van der Waals surface area contributed by atoms with E-state index < -0.39 is 8.32 Å². The average molecular weight is 555 g/mol. The van der Waals surface area contributed by atoms with E-state index >= 15 is 0 Å². The van der Waals surface area contributed by atoms with Crippen molar-refractivity contribution in [1.82, 2.24) is 0 Å². The van der Waals surface area contributed by atoms with Gasteiger partial charge < -0.3 is 28.1 Å². The van der Waals surface area contributed by atoms with E-state index in [2.05, 4.69) is 76.4 Å². The van der Waals surface area contributed by atoms with Crippen molar-refractivity contribution in [2.24, 2.45) is 5.92 Å². The summed E-state index contributed by atoms with van der Waals surface area (Å²) >= 11 is 2.29. The van der Waals surface area contributed by atoms with Crippen LogP contribution in [0.3, 0.4) is 0 Å². The lowest BCUT2D eigenvalue weighted by Gasteiger charge is -2.36. The number of ether oxygens (including phenoxy) is 5. The Morgan fingerprint density at radius 1 is 0.967 bits per heavy atom. The van der Waals surface area contributed by atoms with E-state index in [9.17, 15) is 0 Å². The summed E-state index contributed by atoms with van der Waals surface area (Å²) in [4.78, 5) is 0. The quantitative estimate of drug-likeness (QED) is 0.176. The molecule has 1 aromatic rings. The fraction of sp³-hybridized carbons (Fsp3) is 0.727. The Hall–Kier alpha value is -0.393. The molecule has 0 spiro atoms. The molecule has 1 aromatic carbocycles. The van der Waals surface area contributed by atoms with Crippen LogP contribution < -0.4 is 9.47 Å². The van der Waals surface area contributed by atoms with Crippen LogP contribution in [0, 0.1) is 9.49 Å². The molecule has 0 aromatic heterocycles. The molecule has 0 aliphatic rings. The highest BCUT2D eigenvalue weighted by Gasteiger charge is 2.38. The van der Waals surface area contributed by atoms with E-state index in [1.807, 2.05) is 0 Å². The van der Waals surface area contributed by atoms with Gasteiger partial charge in [0.25, 0.3) is 0 Å². The average Bonchev–Trinajstić information content (AvgIpc) is 2.64. The highest BCUT2D eigenvalue weighted by molar-refractivity contribution is 14.1. The lowest BCUT2D eigenvalue weighted by molar-refractivity contribution is 0.0332. The second-order valence-corrected chi connectivity index (χ2v) is 15.1. The Balaban J connectivity index is 3.61. The first kappa shape index (κ1) is 27.6. The second-order valence-electron chi connectivity index (χ2n) is 9.14. The van der Waals surface area contributed by atoms with Gasteiger partial charge in [-0.15, -0.1) is 0 Å². The zero-order valence-corrected chi connectivity index (χ0v) is 23.3. The molecule has 30 heavy (non-hydrogen) atoms. The molecule has 1 atom stereocenters. The van der Waals surface area contributed by atoms with Gasteiger partial charge in [0.2, 0.25) is 0 Å². The molecule has 0 saturated carbocycles. The van der Waals surface area contributed by atoms with Crippen LogP contribution in [0.5, 0.6) is 11.5 Å². The van der Waals surface area contributed by atoms with Crippen LogP contribution in [0.4, 0.5) is 0 Å². The number of hydrogen-bond acceptors (Lipinski definition) is 6. The molecule has 0 unspecified atom stereocenters. The van der Waals surface area contributed by atoms with Crippen LogP contribution in [0.15, 0.2) is 6.07 Å². The minimum atomic E-state index is -2.00. The van der Waals surface area contributed by atoms with Gasteiger partial charge in [-0.1, -0.05) is 34.6 Å². The van der Waals surface area contributed by atoms with Crippen molar-refractivity contribution < 1.29 is 28.1 Å². The van der Waals surface area contributed by atoms with Crippen molar-refractivity contribution in [1.29, 1.82) is 0 Å². The van der Waals surface area contributed by atoms with Crippen LogP contribution in [-0.4, -0.2) is 43.2 Å². The summed E-state index contributed by atoms with van der Waals surface area (Å²) in [5, 5.41) is 0.0891. The highest BCUT2D eigenvalue weighted by atomic mass is 127. The number of halogens is 1. The molecule has 0 bridgehead atoms. The summed E-state index contributed by atoms with van der Waals surface area (Å²) in [5.41, 5.74) is 1.83. The first-order valence-electron chi connectivity index (χ1n) is 10.2. The lowest BCUT2D eigenvalue weighted by atomic mass is 9.95. The van der Waals surface area contributed by atoms with E-state index in [4.69, 9.17) is 28.1 Å². The topological polar surface area (TPSA) is 55.4 Å². The number of methoxy groups -OCH3 is 3. The van der Waals surface area contributed by atoms with Crippen LogP contribution in [0.2, 0.25) is 18.1 Å². The minimum Gasteiger partial charge on any atom is -0.467 e. The fourth-order valence-electron chi connectivity index (χ4n) is 2.82. The zero-order valence-electron chi connectivity index (χ0n) is 20.2. The largest absolute Gasteiger partial charge is 0.467 e. The normalized spacial score (nSPS) is 13.6. The maximum absolute atomic E-state index is 6.56. The predicted octanol–water partition coefficient (Wildman–Crippen LogP) is 6.12. The van der Waals surface area contributed by atoms with E-state index in [1.54, 1.807) is 21.3 Å². The fourth-order valence-corrected chi connectivity index (χ4v) is 4.58. The standard InChI is InChI=1S/C22H39IO6Si/c1-15(2)19(26-8)16-11-18(23)21(28-14-25-7)17(20(16)27-13-24-6)12-29-30(9,10)22(3,4)5/h11,15,19H,12-14H2,1-10H3/t19-/m1/s1. The second kappa shape index (κ2) is 12.0. The van der Waals surface area contributed by atoms with Crippen LogP contribution in [0.25, 0.3) is 0 Å². The summed E-state index contributed by atoms with van der Waals surface area (Å²) in [6, 6.07) is 2.06. The Morgan fingerprint density at radius 3 is 1.93 bits per heavy atom. The monoisotopic (exact) mass is 554 g/mol. The van der Waals surface area contributed by atoms with Gasteiger partial charge in [0.15, 0.2) is 21.9 Å². The van der Waals surface area contributed by atoms with Crippen LogP contribution >= 0.6 is 22.6 Å². The molecular weight excluding hydrogens is 515 g/mol. The first-order chi connectivity index (χ1) is 13.9. The molecule has 6 nitrogen and oxygen atoms in total. The van der Waals surface area contributed by atoms with Crippen LogP contribution in [0.1, 0.15) is 51.8 Å². The Morgan fingerprint density at radius 2 is 1.50 bits per heavy atom. The third-order valence-electron chi connectivity index (χ3n) is 5.50. The molecule has 0 aliphatic heterocycles. The molecule has 0 radical (unpaired) electrons. The Kier molecular flexibility index (Phi) is 11.1. The molecule has 0 heterocycles. The highest BCUT2D eigenvalue weighted by Crippen LogP contribution is 2.44. The number of hydrogen-bond donors (Lipinski definition) is 0.